The van der Waals surface area contributed by atoms with Gasteiger partial charge in [-0.25, -0.2) is 0 Å². The summed E-state index contributed by atoms with van der Waals surface area (Å²) in [5.74, 6) is 0.108. The summed E-state index contributed by atoms with van der Waals surface area (Å²) in [5.41, 5.74) is 0. The van der Waals surface area contributed by atoms with Gasteiger partial charge in [-0.05, 0) is 13.0 Å². The van der Waals surface area contributed by atoms with Crippen molar-refractivity contribution in [3.63, 3.8) is 0 Å². The molecule has 0 aliphatic rings. The van der Waals surface area contributed by atoms with Gasteiger partial charge in [0.05, 0.1) is 12.6 Å². The van der Waals surface area contributed by atoms with Crippen LogP contribution in [0.3, 0.4) is 0 Å². The van der Waals surface area contributed by atoms with E-state index in [1.807, 2.05) is 13.8 Å². The van der Waals surface area contributed by atoms with Gasteiger partial charge in [-0.3, -0.25) is 4.79 Å². The van der Waals surface area contributed by atoms with Crippen molar-refractivity contribution < 1.29 is 9.90 Å². The van der Waals surface area contributed by atoms with Gasteiger partial charge in [-0.15, -0.1) is 0 Å². The van der Waals surface area contributed by atoms with Crippen molar-refractivity contribution in [2.75, 3.05) is 13.2 Å². The van der Waals surface area contributed by atoms with Crippen molar-refractivity contribution in [1.29, 1.82) is 0 Å². The topological polar surface area (TPSA) is 49.3 Å². The summed E-state index contributed by atoms with van der Waals surface area (Å²) in [6.45, 7) is 4.51. The van der Waals surface area contributed by atoms with Crippen LogP contribution in [-0.2, 0) is 4.79 Å². The van der Waals surface area contributed by atoms with Gasteiger partial charge in [0.15, 0.2) is 5.78 Å². The van der Waals surface area contributed by atoms with E-state index in [0.717, 1.165) is 13.0 Å². The molecule has 0 saturated carbocycles. The van der Waals surface area contributed by atoms with Gasteiger partial charge in [0.2, 0.25) is 0 Å². The first-order valence-electron chi connectivity index (χ1n) is 4.13. The Labute approximate surface area is 67.8 Å². The molecule has 0 aliphatic heterocycles. The molecule has 0 unspecified atom stereocenters. The minimum Gasteiger partial charge on any atom is -0.394 e. The molecule has 0 amide bonds. The maximum absolute atomic E-state index is 11.1. The highest BCUT2D eigenvalue weighted by Crippen LogP contribution is 1.94. The summed E-state index contributed by atoms with van der Waals surface area (Å²) in [6, 6.07) is -0.347. The third-order valence-electron chi connectivity index (χ3n) is 1.52. The first kappa shape index (κ1) is 10.6. The highest BCUT2D eigenvalue weighted by molar-refractivity contribution is 5.84. The molecular formula is C8H17NO2. The van der Waals surface area contributed by atoms with E-state index in [1.165, 1.54) is 0 Å². The Hall–Kier alpha value is -0.410. The van der Waals surface area contributed by atoms with Crippen molar-refractivity contribution in [2.24, 2.45) is 0 Å². The Morgan fingerprint density at radius 2 is 2.18 bits per heavy atom. The molecule has 0 aliphatic carbocycles. The molecule has 1 atom stereocenters. The second-order valence-corrected chi connectivity index (χ2v) is 2.51. The number of rotatable bonds is 6. The molecule has 0 aromatic heterocycles. The molecule has 0 rings (SSSR count). The molecule has 2 N–H and O–H groups in total. The van der Waals surface area contributed by atoms with Crippen LogP contribution >= 0.6 is 0 Å². The molecule has 3 nitrogen and oxygen atoms in total. The molecule has 11 heavy (non-hydrogen) atoms. The molecule has 0 aromatic carbocycles. The lowest BCUT2D eigenvalue weighted by Crippen LogP contribution is -2.39. The molecule has 0 radical (unpaired) electrons. The van der Waals surface area contributed by atoms with Gasteiger partial charge in [-0.2, -0.15) is 0 Å². The lowest BCUT2D eigenvalue weighted by Gasteiger charge is -2.12. The van der Waals surface area contributed by atoms with E-state index in [-0.39, 0.29) is 18.4 Å². The van der Waals surface area contributed by atoms with Crippen molar-refractivity contribution in [2.45, 2.75) is 32.7 Å². The van der Waals surface area contributed by atoms with Crippen LogP contribution in [0.2, 0.25) is 0 Å². The highest BCUT2D eigenvalue weighted by Gasteiger charge is 2.13. The first-order valence-corrected chi connectivity index (χ1v) is 4.13. The van der Waals surface area contributed by atoms with Crippen molar-refractivity contribution in [1.82, 2.24) is 5.32 Å². The fourth-order valence-corrected chi connectivity index (χ4v) is 0.947. The number of hydrogen-bond acceptors (Lipinski definition) is 3. The van der Waals surface area contributed by atoms with E-state index in [0.29, 0.717) is 6.42 Å². The molecule has 0 saturated heterocycles. The largest absolute Gasteiger partial charge is 0.394 e. The van der Waals surface area contributed by atoms with Gasteiger partial charge in [0.25, 0.3) is 0 Å². The Bertz CT molecular complexity index is 115. The number of aliphatic hydroxyl groups is 1. The maximum Gasteiger partial charge on any atom is 0.152 e. The number of aliphatic hydroxyl groups excluding tert-OH is 1. The number of carbonyl (C=O) groups excluding carboxylic acids is 1. The fraction of sp³-hybridized carbons (Fsp3) is 0.875. The lowest BCUT2D eigenvalue weighted by molar-refractivity contribution is -0.122. The van der Waals surface area contributed by atoms with E-state index in [9.17, 15) is 4.79 Å². The molecule has 0 aromatic rings. The van der Waals surface area contributed by atoms with Gasteiger partial charge < -0.3 is 10.4 Å². The summed E-state index contributed by atoms with van der Waals surface area (Å²) in [7, 11) is 0. The van der Waals surface area contributed by atoms with Gasteiger partial charge in [0.1, 0.15) is 0 Å². The average molecular weight is 159 g/mol. The lowest BCUT2D eigenvalue weighted by atomic mass is 10.1. The third-order valence-corrected chi connectivity index (χ3v) is 1.52. The SMILES string of the molecule is CCCC(=O)[C@H](CO)NCC. The van der Waals surface area contributed by atoms with Crippen LogP contribution in [0, 0.1) is 0 Å². The smallest absolute Gasteiger partial charge is 0.152 e. The monoisotopic (exact) mass is 159 g/mol. The quantitative estimate of drug-likeness (QED) is 0.587. The predicted molar refractivity (Wildman–Crippen MR) is 44.5 cm³/mol. The number of nitrogens with one attached hydrogen (secondary N) is 1. The minimum absolute atomic E-state index is 0.0906. The standard InChI is InChI=1S/C8H17NO2/c1-3-5-8(11)7(6-10)9-4-2/h7,9-10H,3-6H2,1-2H3/t7-/m0/s1. The second-order valence-electron chi connectivity index (χ2n) is 2.51. The van der Waals surface area contributed by atoms with Crippen LogP contribution < -0.4 is 5.32 Å². The van der Waals surface area contributed by atoms with Crippen LogP contribution in [0.5, 0.6) is 0 Å². The molecule has 3 heteroatoms. The van der Waals surface area contributed by atoms with Crippen LogP contribution in [0.25, 0.3) is 0 Å². The zero-order valence-corrected chi connectivity index (χ0v) is 7.26. The Kier molecular flexibility index (Phi) is 6.07. The summed E-state index contributed by atoms with van der Waals surface area (Å²) in [4.78, 5) is 11.1. The number of Topliss-reactive ketones (excluding diaryl/α,β-unsaturated/α-hetero) is 1. The summed E-state index contributed by atoms with van der Waals surface area (Å²) in [5, 5.41) is 11.7. The van der Waals surface area contributed by atoms with Crippen molar-refractivity contribution in [3.8, 4) is 0 Å². The van der Waals surface area contributed by atoms with Crippen molar-refractivity contribution in [3.05, 3.63) is 0 Å². The maximum atomic E-state index is 11.1. The predicted octanol–water partition coefficient (Wildman–Crippen LogP) is 0.326. The van der Waals surface area contributed by atoms with Gasteiger partial charge in [-0.1, -0.05) is 13.8 Å². The molecule has 0 fully saturated rings. The van der Waals surface area contributed by atoms with E-state index in [4.69, 9.17) is 5.11 Å². The Morgan fingerprint density at radius 1 is 1.55 bits per heavy atom. The molecular weight excluding hydrogens is 142 g/mol. The number of hydrogen-bond donors (Lipinski definition) is 2. The fourth-order valence-electron chi connectivity index (χ4n) is 0.947. The number of likely N-dealkylation sites (N-methyl/N-ethyl adjacent to an activating group) is 1. The van der Waals surface area contributed by atoms with E-state index in [1.54, 1.807) is 0 Å². The number of carbonyl (C=O) groups is 1. The molecule has 0 spiro atoms. The Balaban J connectivity index is 3.71. The highest BCUT2D eigenvalue weighted by atomic mass is 16.3. The van der Waals surface area contributed by atoms with Crippen LogP contribution in [-0.4, -0.2) is 30.1 Å². The van der Waals surface area contributed by atoms with Crippen molar-refractivity contribution >= 4 is 5.78 Å². The zero-order chi connectivity index (χ0) is 8.69. The van der Waals surface area contributed by atoms with Gasteiger partial charge in [0, 0.05) is 6.42 Å². The van der Waals surface area contributed by atoms with Gasteiger partial charge >= 0.3 is 0 Å². The summed E-state index contributed by atoms with van der Waals surface area (Å²) in [6.07, 6.45) is 1.40. The summed E-state index contributed by atoms with van der Waals surface area (Å²) >= 11 is 0. The van der Waals surface area contributed by atoms with Crippen LogP contribution in [0.15, 0.2) is 0 Å². The van der Waals surface area contributed by atoms with Crippen LogP contribution in [0.4, 0.5) is 0 Å². The second kappa shape index (κ2) is 6.31. The molecule has 66 valence electrons. The van der Waals surface area contributed by atoms with E-state index >= 15 is 0 Å². The number of ketones is 1. The Morgan fingerprint density at radius 3 is 2.55 bits per heavy atom. The molecule has 0 bridgehead atoms. The minimum atomic E-state index is -0.347. The average Bonchev–Trinajstić information content (AvgIpc) is 2.00. The first-order chi connectivity index (χ1) is 5.26. The van der Waals surface area contributed by atoms with Crippen LogP contribution in [0.1, 0.15) is 26.7 Å². The normalized spacial score (nSPS) is 13.0. The summed E-state index contributed by atoms with van der Waals surface area (Å²) < 4.78 is 0. The third kappa shape index (κ3) is 4.11. The molecule has 0 heterocycles. The zero-order valence-electron chi connectivity index (χ0n) is 7.26. The van der Waals surface area contributed by atoms with E-state index < -0.39 is 0 Å². The van der Waals surface area contributed by atoms with E-state index in [2.05, 4.69) is 5.32 Å².